The maximum absolute atomic E-state index is 6.05. The van der Waals surface area contributed by atoms with E-state index in [1.807, 2.05) is 41.4 Å². The van der Waals surface area contributed by atoms with Crippen molar-refractivity contribution in [2.45, 2.75) is 13.0 Å². The molecule has 2 N–H and O–H groups in total. The number of hydrogen-bond acceptors (Lipinski definition) is 4. The average molecular weight is 287 g/mol. The van der Waals surface area contributed by atoms with E-state index < -0.39 is 0 Å². The summed E-state index contributed by atoms with van der Waals surface area (Å²) in [4.78, 5) is 10.6. The van der Waals surface area contributed by atoms with Crippen LogP contribution in [0.4, 0.5) is 5.69 Å². The quantitative estimate of drug-likeness (QED) is 0.923. The van der Waals surface area contributed by atoms with Gasteiger partial charge in [-0.15, -0.1) is 0 Å². The van der Waals surface area contributed by atoms with Crippen LogP contribution >= 0.6 is 11.6 Å². The fraction of sp³-hybridized carbons (Fsp3) is 0.200. The zero-order chi connectivity index (χ0) is 14.1. The van der Waals surface area contributed by atoms with E-state index in [2.05, 4.69) is 16.9 Å². The standard InChI is InChI=1S/C15H15ClN4/c1-10-6-7-18-8-13(10)14-9-19-15(17)20(14)12-4-2-11(16)3-5-12/h2-8,14H,9H2,1H3,(H2,17,19). The third-order valence-electron chi connectivity index (χ3n) is 3.53. The van der Waals surface area contributed by atoms with Gasteiger partial charge in [0.2, 0.25) is 0 Å². The van der Waals surface area contributed by atoms with Crippen molar-refractivity contribution >= 4 is 23.2 Å². The van der Waals surface area contributed by atoms with Crippen molar-refractivity contribution < 1.29 is 0 Å². The Labute approximate surface area is 122 Å². The number of guanidine groups is 1. The van der Waals surface area contributed by atoms with Crippen molar-refractivity contribution in [3.63, 3.8) is 0 Å². The largest absolute Gasteiger partial charge is 0.369 e. The highest BCUT2D eigenvalue weighted by molar-refractivity contribution is 6.30. The minimum absolute atomic E-state index is 0.0878. The Balaban J connectivity index is 2.01. The van der Waals surface area contributed by atoms with Gasteiger partial charge in [0.25, 0.3) is 0 Å². The van der Waals surface area contributed by atoms with Crippen molar-refractivity contribution in [3.8, 4) is 0 Å². The van der Waals surface area contributed by atoms with Crippen LogP contribution in [0.2, 0.25) is 5.02 Å². The molecule has 5 heteroatoms. The molecule has 0 fully saturated rings. The number of aromatic nitrogens is 1. The lowest BCUT2D eigenvalue weighted by molar-refractivity contribution is 0.757. The van der Waals surface area contributed by atoms with Crippen LogP contribution in [0.25, 0.3) is 0 Å². The molecule has 0 bridgehead atoms. The number of benzene rings is 1. The summed E-state index contributed by atoms with van der Waals surface area (Å²) < 4.78 is 0. The predicted molar refractivity (Wildman–Crippen MR) is 82.1 cm³/mol. The Morgan fingerprint density at radius 1 is 1.25 bits per heavy atom. The van der Waals surface area contributed by atoms with Crippen LogP contribution in [0, 0.1) is 6.92 Å². The van der Waals surface area contributed by atoms with Gasteiger partial charge in [0.1, 0.15) is 0 Å². The highest BCUT2D eigenvalue weighted by atomic mass is 35.5. The van der Waals surface area contributed by atoms with Gasteiger partial charge < -0.3 is 10.6 Å². The summed E-state index contributed by atoms with van der Waals surface area (Å²) in [5, 5.41) is 0.706. The summed E-state index contributed by atoms with van der Waals surface area (Å²) in [5.74, 6) is 0.528. The molecule has 2 aromatic rings. The van der Waals surface area contributed by atoms with Crippen LogP contribution in [-0.2, 0) is 0 Å². The molecule has 0 radical (unpaired) electrons. The van der Waals surface area contributed by atoms with E-state index in [0.717, 1.165) is 11.3 Å². The van der Waals surface area contributed by atoms with E-state index in [1.165, 1.54) is 5.56 Å². The topological polar surface area (TPSA) is 54.5 Å². The van der Waals surface area contributed by atoms with Gasteiger partial charge in [0.15, 0.2) is 5.96 Å². The molecule has 1 unspecified atom stereocenters. The summed E-state index contributed by atoms with van der Waals surface area (Å²) in [6, 6.07) is 9.71. The molecule has 2 heterocycles. The highest BCUT2D eigenvalue weighted by Gasteiger charge is 2.29. The highest BCUT2D eigenvalue weighted by Crippen LogP contribution is 2.32. The van der Waals surface area contributed by atoms with E-state index >= 15 is 0 Å². The molecular formula is C15H15ClN4. The van der Waals surface area contributed by atoms with Gasteiger partial charge in [-0.25, -0.2) is 0 Å². The summed E-state index contributed by atoms with van der Waals surface area (Å²) in [5.41, 5.74) is 9.37. The second-order valence-electron chi connectivity index (χ2n) is 4.79. The lowest BCUT2D eigenvalue weighted by Gasteiger charge is -2.27. The molecule has 1 aliphatic heterocycles. The fourth-order valence-electron chi connectivity index (χ4n) is 2.47. The fourth-order valence-corrected chi connectivity index (χ4v) is 2.60. The first-order valence-corrected chi connectivity index (χ1v) is 6.80. The van der Waals surface area contributed by atoms with Crippen LogP contribution in [-0.4, -0.2) is 17.5 Å². The summed E-state index contributed by atoms with van der Waals surface area (Å²) >= 11 is 5.94. The Kier molecular flexibility index (Phi) is 3.32. The number of pyridine rings is 1. The zero-order valence-corrected chi connectivity index (χ0v) is 11.9. The van der Waals surface area contributed by atoms with Gasteiger partial charge in [-0.05, 0) is 48.4 Å². The number of aryl methyl sites for hydroxylation is 1. The minimum Gasteiger partial charge on any atom is -0.369 e. The molecule has 1 aromatic heterocycles. The van der Waals surface area contributed by atoms with Gasteiger partial charge in [-0.1, -0.05) is 11.6 Å². The Morgan fingerprint density at radius 3 is 2.70 bits per heavy atom. The molecule has 3 rings (SSSR count). The van der Waals surface area contributed by atoms with Crippen LogP contribution in [0.1, 0.15) is 17.2 Å². The number of hydrogen-bond donors (Lipinski definition) is 1. The van der Waals surface area contributed by atoms with Crippen molar-refractivity contribution in [1.82, 2.24) is 4.98 Å². The maximum Gasteiger partial charge on any atom is 0.196 e. The average Bonchev–Trinajstić information content (AvgIpc) is 2.82. The van der Waals surface area contributed by atoms with Gasteiger partial charge in [0, 0.05) is 23.1 Å². The number of halogens is 1. The number of aliphatic imine (C=N–C) groups is 1. The second kappa shape index (κ2) is 5.13. The minimum atomic E-state index is 0.0878. The molecule has 0 amide bonds. The lowest BCUT2D eigenvalue weighted by Crippen LogP contribution is -2.36. The molecule has 4 nitrogen and oxygen atoms in total. The molecule has 102 valence electrons. The second-order valence-corrected chi connectivity index (χ2v) is 5.23. The molecule has 1 atom stereocenters. The first-order valence-electron chi connectivity index (χ1n) is 6.42. The summed E-state index contributed by atoms with van der Waals surface area (Å²) in [6.45, 7) is 2.71. The lowest BCUT2D eigenvalue weighted by atomic mass is 10.0. The zero-order valence-electron chi connectivity index (χ0n) is 11.1. The SMILES string of the molecule is Cc1ccncc1C1CN=C(N)N1c1ccc(Cl)cc1. The first kappa shape index (κ1) is 12.9. The van der Waals surface area contributed by atoms with Crippen LogP contribution in [0.3, 0.4) is 0 Å². The monoisotopic (exact) mass is 286 g/mol. The molecule has 0 saturated carbocycles. The van der Waals surface area contributed by atoms with E-state index in [9.17, 15) is 0 Å². The smallest absolute Gasteiger partial charge is 0.196 e. The van der Waals surface area contributed by atoms with Crippen molar-refractivity contribution in [1.29, 1.82) is 0 Å². The summed E-state index contributed by atoms with van der Waals surface area (Å²) in [6.07, 6.45) is 3.68. The number of rotatable bonds is 2. The van der Waals surface area contributed by atoms with Crippen molar-refractivity contribution in [2.75, 3.05) is 11.4 Å². The van der Waals surface area contributed by atoms with Crippen molar-refractivity contribution in [3.05, 3.63) is 58.9 Å². The van der Waals surface area contributed by atoms with E-state index in [1.54, 1.807) is 6.20 Å². The van der Waals surface area contributed by atoms with Crippen LogP contribution < -0.4 is 10.6 Å². The number of anilines is 1. The Hall–Kier alpha value is -2.07. The number of nitrogens with zero attached hydrogens (tertiary/aromatic N) is 3. The molecule has 1 aliphatic rings. The van der Waals surface area contributed by atoms with Crippen LogP contribution in [0.15, 0.2) is 47.7 Å². The normalized spacial score (nSPS) is 18.2. The number of nitrogens with two attached hydrogens (primary N) is 1. The van der Waals surface area contributed by atoms with E-state index in [4.69, 9.17) is 17.3 Å². The van der Waals surface area contributed by atoms with E-state index in [0.29, 0.717) is 17.5 Å². The molecular weight excluding hydrogens is 272 g/mol. The molecule has 0 spiro atoms. The van der Waals surface area contributed by atoms with Gasteiger partial charge >= 0.3 is 0 Å². The first-order chi connectivity index (χ1) is 9.66. The molecule has 1 aromatic carbocycles. The predicted octanol–water partition coefficient (Wildman–Crippen LogP) is 2.92. The maximum atomic E-state index is 6.05. The van der Waals surface area contributed by atoms with Gasteiger partial charge in [-0.2, -0.15) is 0 Å². The molecule has 20 heavy (non-hydrogen) atoms. The van der Waals surface area contributed by atoms with Gasteiger partial charge in [-0.3, -0.25) is 9.98 Å². The third-order valence-corrected chi connectivity index (χ3v) is 3.78. The van der Waals surface area contributed by atoms with Crippen LogP contribution in [0.5, 0.6) is 0 Å². The Bertz CT molecular complexity index is 651. The third kappa shape index (κ3) is 2.23. The van der Waals surface area contributed by atoms with E-state index in [-0.39, 0.29) is 6.04 Å². The summed E-state index contributed by atoms with van der Waals surface area (Å²) in [7, 11) is 0. The Morgan fingerprint density at radius 2 is 2.00 bits per heavy atom. The molecule has 0 saturated heterocycles. The van der Waals surface area contributed by atoms with Gasteiger partial charge in [0.05, 0.1) is 12.6 Å². The molecule has 0 aliphatic carbocycles. The van der Waals surface area contributed by atoms with Crippen molar-refractivity contribution in [2.24, 2.45) is 10.7 Å².